The quantitative estimate of drug-likeness (QED) is 0.635. The van der Waals surface area contributed by atoms with Gasteiger partial charge in [-0.3, -0.25) is 4.79 Å². The lowest BCUT2D eigenvalue weighted by molar-refractivity contribution is -0.137. The van der Waals surface area contributed by atoms with Crippen molar-refractivity contribution < 1.29 is 22.4 Å². The van der Waals surface area contributed by atoms with Crippen LogP contribution in [0.15, 0.2) is 42.5 Å². The van der Waals surface area contributed by atoms with Gasteiger partial charge in [0.15, 0.2) is 0 Å². The maximum Gasteiger partial charge on any atom is 0.416 e. The van der Waals surface area contributed by atoms with Crippen LogP contribution in [0.5, 0.6) is 0 Å². The Kier molecular flexibility index (Phi) is 3.75. The minimum absolute atomic E-state index is 0.201. The molecule has 3 nitrogen and oxygen atoms in total. The number of hydrogen-bond acceptors (Lipinski definition) is 1. The zero-order chi connectivity index (χ0) is 18.5. The van der Waals surface area contributed by atoms with E-state index in [2.05, 4.69) is 4.98 Å². The van der Waals surface area contributed by atoms with Crippen LogP contribution in [-0.2, 0) is 19.1 Å². The van der Waals surface area contributed by atoms with Crippen molar-refractivity contribution in [2.75, 3.05) is 6.54 Å². The number of nitrogens with zero attached hydrogens (tertiary/aromatic N) is 1. The minimum atomic E-state index is -4.43. The van der Waals surface area contributed by atoms with Crippen LogP contribution >= 0.6 is 0 Å². The molecule has 0 saturated carbocycles. The van der Waals surface area contributed by atoms with Gasteiger partial charge in [0.2, 0.25) is 0 Å². The second-order valence-corrected chi connectivity index (χ2v) is 6.32. The molecule has 0 unspecified atom stereocenters. The lowest BCUT2D eigenvalue weighted by Crippen LogP contribution is -2.35. The molecule has 134 valence electrons. The summed E-state index contributed by atoms with van der Waals surface area (Å²) >= 11 is 0. The van der Waals surface area contributed by atoms with E-state index in [9.17, 15) is 22.4 Å². The van der Waals surface area contributed by atoms with Gasteiger partial charge < -0.3 is 9.88 Å². The third-order valence-corrected chi connectivity index (χ3v) is 4.68. The van der Waals surface area contributed by atoms with Gasteiger partial charge in [0, 0.05) is 47.2 Å². The molecule has 4 rings (SSSR count). The monoisotopic (exact) mass is 362 g/mol. The number of H-pyrrole nitrogens is 1. The number of carbonyl (C=O) groups is 1. The van der Waals surface area contributed by atoms with E-state index in [4.69, 9.17) is 0 Å². The Morgan fingerprint density at radius 1 is 1.08 bits per heavy atom. The molecule has 1 aliphatic heterocycles. The van der Waals surface area contributed by atoms with Crippen molar-refractivity contribution in [2.24, 2.45) is 0 Å². The standard InChI is InChI=1S/C19H14F4N2O/c20-13-5-6-16-14(9-13)15-10-25(8-7-17(15)24-16)18(26)11-1-3-12(4-2-11)19(21,22)23/h1-6,9,24H,7-8,10H2. The van der Waals surface area contributed by atoms with Crippen molar-refractivity contribution in [3.8, 4) is 0 Å². The van der Waals surface area contributed by atoms with Gasteiger partial charge in [0.25, 0.3) is 5.91 Å². The first-order valence-electron chi connectivity index (χ1n) is 8.08. The van der Waals surface area contributed by atoms with Crippen LogP contribution in [0.25, 0.3) is 10.9 Å². The average molecular weight is 362 g/mol. The number of nitrogens with one attached hydrogen (secondary N) is 1. The van der Waals surface area contributed by atoms with Gasteiger partial charge >= 0.3 is 6.18 Å². The van der Waals surface area contributed by atoms with E-state index in [0.717, 1.165) is 34.3 Å². The molecule has 0 bridgehead atoms. The number of amides is 1. The molecule has 2 heterocycles. The number of rotatable bonds is 1. The number of aromatic amines is 1. The second-order valence-electron chi connectivity index (χ2n) is 6.32. The first-order valence-corrected chi connectivity index (χ1v) is 8.08. The molecule has 0 spiro atoms. The summed E-state index contributed by atoms with van der Waals surface area (Å²) in [6.45, 7) is 0.737. The highest BCUT2D eigenvalue weighted by atomic mass is 19.4. The summed E-state index contributed by atoms with van der Waals surface area (Å²) in [4.78, 5) is 17.5. The van der Waals surface area contributed by atoms with E-state index in [1.54, 1.807) is 11.0 Å². The number of alkyl halides is 3. The SMILES string of the molecule is O=C(c1ccc(C(F)(F)F)cc1)N1CCc2[nH]c3ccc(F)cc3c2C1. The third-order valence-electron chi connectivity index (χ3n) is 4.68. The fourth-order valence-electron chi connectivity index (χ4n) is 3.34. The number of aromatic nitrogens is 1. The van der Waals surface area contributed by atoms with E-state index >= 15 is 0 Å². The second kappa shape index (κ2) is 5.86. The Labute approximate surface area is 146 Å². The Morgan fingerprint density at radius 2 is 1.81 bits per heavy atom. The number of fused-ring (bicyclic) bond motifs is 3. The number of benzene rings is 2. The molecule has 0 fully saturated rings. The van der Waals surface area contributed by atoms with Gasteiger partial charge in [-0.05, 0) is 42.5 Å². The maximum absolute atomic E-state index is 13.6. The van der Waals surface area contributed by atoms with Crippen molar-refractivity contribution >= 4 is 16.8 Å². The van der Waals surface area contributed by atoms with E-state index in [1.165, 1.54) is 24.3 Å². The molecule has 3 aromatic rings. The van der Waals surface area contributed by atoms with E-state index in [0.29, 0.717) is 19.5 Å². The molecule has 1 aliphatic rings. The summed E-state index contributed by atoms with van der Waals surface area (Å²) < 4.78 is 51.5. The normalized spacial score (nSPS) is 14.5. The van der Waals surface area contributed by atoms with Gasteiger partial charge in [-0.2, -0.15) is 13.2 Å². The van der Waals surface area contributed by atoms with E-state index in [-0.39, 0.29) is 17.3 Å². The summed E-state index contributed by atoms with van der Waals surface area (Å²) in [5.74, 6) is -0.694. The first-order chi connectivity index (χ1) is 12.3. The summed E-state index contributed by atoms with van der Waals surface area (Å²) in [5.41, 5.74) is 2.03. The largest absolute Gasteiger partial charge is 0.416 e. The molecule has 1 aromatic heterocycles. The van der Waals surface area contributed by atoms with Gasteiger partial charge in [-0.1, -0.05) is 0 Å². The molecular weight excluding hydrogens is 348 g/mol. The summed E-state index contributed by atoms with van der Waals surface area (Å²) in [6, 6.07) is 8.65. The third kappa shape index (κ3) is 2.83. The van der Waals surface area contributed by atoms with Gasteiger partial charge in [0.05, 0.1) is 5.56 Å². The zero-order valence-corrected chi connectivity index (χ0v) is 13.5. The molecule has 26 heavy (non-hydrogen) atoms. The summed E-state index contributed by atoms with van der Waals surface area (Å²) in [7, 11) is 0. The lowest BCUT2D eigenvalue weighted by atomic mass is 10.0. The molecule has 0 atom stereocenters. The highest BCUT2D eigenvalue weighted by Gasteiger charge is 2.31. The van der Waals surface area contributed by atoms with E-state index in [1.807, 2.05) is 0 Å². The van der Waals surface area contributed by atoms with Crippen molar-refractivity contribution in [1.29, 1.82) is 0 Å². The van der Waals surface area contributed by atoms with Crippen molar-refractivity contribution in [1.82, 2.24) is 9.88 Å². The molecular formula is C19H14F4N2O. The predicted molar refractivity (Wildman–Crippen MR) is 88.1 cm³/mol. The fourth-order valence-corrected chi connectivity index (χ4v) is 3.34. The smallest absolute Gasteiger partial charge is 0.358 e. The molecule has 1 amide bonds. The van der Waals surface area contributed by atoms with Gasteiger partial charge in [0.1, 0.15) is 5.82 Å². The first kappa shape index (κ1) is 16.6. The van der Waals surface area contributed by atoms with Crippen LogP contribution in [0, 0.1) is 5.82 Å². The average Bonchev–Trinajstić information content (AvgIpc) is 2.97. The zero-order valence-electron chi connectivity index (χ0n) is 13.5. The topological polar surface area (TPSA) is 36.1 Å². The Bertz CT molecular complexity index is 989. The van der Waals surface area contributed by atoms with Crippen LogP contribution in [0.3, 0.4) is 0 Å². The summed E-state index contributed by atoms with van der Waals surface area (Å²) in [5, 5.41) is 0.727. The Morgan fingerprint density at radius 3 is 2.50 bits per heavy atom. The van der Waals surface area contributed by atoms with Crippen LogP contribution in [0.4, 0.5) is 17.6 Å². The van der Waals surface area contributed by atoms with Crippen molar-refractivity contribution in [3.05, 3.63) is 70.7 Å². The van der Waals surface area contributed by atoms with Crippen LogP contribution < -0.4 is 0 Å². The molecule has 7 heteroatoms. The Hall–Kier alpha value is -2.83. The lowest BCUT2D eigenvalue weighted by Gasteiger charge is -2.27. The molecule has 0 radical (unpaired) electrons. The molecule has 0 aliphatic carbocycles. The van der Waals surface area contributed by atoms with Crippen molar-refractivity contribution in [2.45, 2.75) is 19.1 Å². The predicted octanol–water partition coefficient (Wildman–Crippen LogP) is 4.52. The molecule has 2 aromatic carbocycles. The van der Waals surface area contributed by atoms with Crippen molar-refractivity contribution in [3.63, 3.8) is 0 Å². The highest BCUT2D eigenvalue weighted by Crippen LogP contribution is 2.31. The number of hydrogen-bond donors (Lipinski definition) is 1. The van der Waals surface area contributed by atoms with E-state index < -0.39 is 11.7 Å². The highest BCUT2D eigenvalue weighted by molar-refractivity contribution is 5.95. The van der Waals surface area contributed by atoms with Gasteiger partial charge in [-0.15, -0.1) is 0 Å². The van der Waals surface area contributed by atoms with Crippen LogP contribution in [-0.4, -0.2) is 22.3 Å². The minimum Gasteiger partial charge on any atom is -0.358 e. The maximum atomic E-state index is 13.6. The number of halogens is 4. The Balaban J connectivity index is 1.61. The fraction of sp³-hybridized carbons (Fsp3) is 0.211. The molecule has 0 saturated heterocycles. The van der Waals surface area contributed by atoms with Crippen LogP contribution in [0.2, 0.25) is 0 Å². The number of carbonyl (C=O) groups excluding carboxylic acids is 1. The van der Waals surface area contributed by atoms with Gasteiger partial charge in [-0.25, -0.2) is 4.39 Å². The van der Waals surface area contributed by atoms with Crippen LogP contribution in [0.1, 0.15) is 27.2 Å². The summed E-state index contributed by atoms with van der Waals surface area (Å²) in [6.07, 6.45) is -3.85. The molecule has 1 N–H and O–H groups in total.